The van der Waals surface area contributed by atoms with Crippen LogP contribution in [0.5, 0.6) is 0 Å². The Labute approximate surface area is 189 Å². The van der Waals surface area contributed by atoms with Crippen LogP contribution in [0.4, 0.5) is 5.82 Å². The molecule has 0 aliphatic heterocycles. The Hall–Kier alpha value is -3.10. The van der Waals surface area contributed by atoms with Crippen molar-refractivity contribution in [2.24, 2.45) is 0 Å². The Morgan fingerprint density at radius 2 is 1.88 bits per heavy atom. The molecule has 0 amide bonds. The van der Waals surface area contributed by atoms with Crippen LogP contribution < -0.4 is 16.0 Å². The molecular weight excluding hydrogens is 420 g/mol. The predicted molar refractivity (Wildman–Crippen MR) is 136 cm³/mol. The fraction of sp³-hybridized carbons (Fsp3) is 0.292. The first-order valence-corrected chi connectivity index (χ1v) is 13.6. The molecule has 3 aromatic rings. The summed E-state index contributed by atoms with van der Waals surface area (Å²) in [5.41, 5.74) is 3.61. The molecule has 3 rings (SSSR count). The minimum Gasteiger partial charge on any atom is -0.393 e. The summed E-state index contributed by atoms with van der Waals surface area (Å²) in [5, 5.41) is 18.3. The standard InChI is InChI=1S/C24H32N6OS/c1-26-15-20(14-25)18-9-10-22-21(13-18)24(30-17-29-22)28-12-11-27-16-19-7-5-6-8-23(19)32(2,3,4)31/h5-10,13-15,17,25-27H,11-12,16H2,1-4H3,(H,28,29,30)/b20-15+,25-14?. The number of rotatable bonds is 10. The summed E-state index contributed by atoms with van der Waals surface area (Å²) in [6.45, 7) is 2.04. The third-order valence-corrected chi connectivity index (χ3v) is 6.95. The van der Waals surface area contributed by atoms with Gasteiger partial charge in [-0.2, -0.15) is 0 Å². The molecule has 7 nitrogen and oxygen atoms in total. The number of benzene rings is 2. The lowest BCUT2D eigenvalue weighted by molar-refractivity contribution is 0.662. The van der Waals surface area contributed by atoms with Crippen molar-refractivity contribution in [3.8, 4) is 0 Å². The Morgan fingerprint density at radius 1 is 1.09 bits per heavy atom. The van der Waals surface area contributed by atoms with Crippen LogP contribution in [0.3, 0.4) is 0 Å². The van der Waals surface area contributed by atoms with Crippen molar-refractivity contribution in [2.75, 3.05) is 44.2 Å². The van der Waals surface area contributed by atoms with Gasteiger partial charge in [-0.1, -0.05) is 33.3 Å². The van der Waals surface area contributed by atoms with Gasteiger partial charge in [0.15, 0.2) is 0 Å². The Bertz CT molecular complexity index is 1200. The monoisotopic (exact) mass is 452 g/mol. The lowest BCUT2D eigenvalue weighted by atomic mass is 10.1. The third-order valence-electron chi connectivity index (χ3n) is 5.06. The SMILES string of the molecule is CN/C=C(\C=N)c1ccc2ncnc(NCCNCc3ccccc3S(C)(C)(C)=O)c2c1. The highest BCUT2D eigenvalue weighted by Crippen LogP contribution is 2.29. The maximum Gasteiger partial charge on any atom is 0.137 e. The zero-order valence-electron chi connectivity index (χ0n) is 19.1. The van der Waals surface area contributed by atoms with Crippen LogP contribution >= 0.6 is 0 Å². The number of fused-ring (bicyclic) bond motifs is 1. The molecule has 1 aromatic heterocycles. The number of allylic oxidation sites excluding steroid dienone is 1. The first kappa shape index (κ1) is 23.6. The number of anilines is 1. The molecule has 1 heterocycles. The van der Waals surface area contributed by atoms with Crippen molar-refractivity contribution >= 4 is 37.6 Å². The normalized spacial score (nSPS) is 13.4. The molecule has 170 valence electrons. The van der Waals surface area contributed by atoms with Gasteiger partial charge in [-0.15, -0.1) is 0 Å². The van der Waals surface area contributed by atoms with Crippen molar-refractivity contribution in [1.82, 2.24) is 20.6 Å². The first-order valence-electron chi connectivity index (χ1n) is 10.4. The zero-order valence-corrected chi connectivity index (χ0v) is 19.9. The van der Waals surface area contributed by atoms with Crippen LogP contribution in [0, 0.1) is 5.41 Å². The van der Waals surface area contributed by atoms with Gasteiger partial charge in [-0.3, -0.25) is 4.21 Å². The van der Waals surface area contributed by atoms with Crippen LogP contribution in [-0.4, -0.2) is 59.3 Å². The molecule has 0 aliphatic carbocycles. The summed E-state index contributed by atoms with van der Waals surface area (Å²) in [4.78, 5) is 9.68. The van der Waals surface area contributed by atoms with Crippen LogP contribution in [0.1, 0.15) is 11.1 Å². The molecule has 0 saturated heterocycles. The van der Waals surface area contributed by atoms with Crippen molar-refractivity contribution in [3.05, 3.63) is 66.1 Å². The first-order chi connectivity index (χ1) is 15.2. The van der Waals surface area contributed by atoms with Crippen LogP contribution in [0.25, 0.3) is 16.5 Å². The van der Waals surface area contributed by atoms with Gasteiger partial charge in [0, 0.05) is 55.0 Å². The van der Waals surface area contributed by atoms with Crippen LogP contribution in [0.2, 0.25) is 0 Å². The smallest absolute Gasteiger partial charge is 0.137 e. The Morgan fingerprint density at radius 3 is 2.59 bits per heavy atom. The second-order valence-electron chi connectivity index (χ2n) is 8.62. The van der Waals surface area contributed by atoms with E-state index in [4.69, 9.17) is 5.41 Å². The van der Waals surface area contributed by atoms with Gasteiger partial charge in [0.2, 0.25) is 0 Å². The maximum atomic E-state index is 13.1. The van der Waals surface area contributed by atoms with E-state index in [2.05, 4.69) is 25.9 Å². The number of hydrogen-bond acceptors (Lipinski definition) is 7. The summed E-state index contributed by atoms with van der Waals surface area (Å²) in [6.07, 6.45) is 10.1. The number of aromatic nitrogens is 2. The van der Waals surface area contributed by atoms with E-state index in [1.54, 1.807) is 12.5 Å². The second-order valence-corrected chi connectivity index (χ2v) is 13.9. The largest absolute Gasteiger partial charge is 0.393 e. The lowest BCUT2D eigenvalue weighted by Gasteiger charge is -2.31. The second kappa shape index (κ2) is 9.58. The molecule has 0 saturated carbocycles. The number of hydrogen-bond donors (Lipinski definition) is 4. The molecule has 0 bridgehead atoms. The summed E-state index contributed by atoms with van der Waals surface area (Å²) in [7, 11) is -1.00. The molecule has 8 heteroatoms. The topological polar surface area (TPSA) is 103 Å². The van der Waals surface area contributed by atoms with Gasteiger partial charge in [0.25, 0.3) is 0 Å². The predicted octanol–water partition coefficient (Wildman–Crippen LogP) is 3.11. The summed E-state index contributed by atoms with van der Waals surface area (Å²) >= 11 is 0. The molecule has 2 aromatic carbocycles. The van der Waals surface area contributed by atoms with Gasteiger partial charge < -0.3 is 21.4 Å². The van der Waals surface area contributed by atoms with Crippen molar-refractivity contribution in [1.29, 1.82) is 5.41 Å². The quantitative estimate of drug-likeness (QED) is 0.278. The molecule has 0 fully saturated rings. The van der Waals surface area contributed by atoms with Gasteiger partial charge in [0.05, 0.1) is 5.52 Å². The molecule has 4 N–H and O–H groups in total. The molecule has 0 unspecified atom stereocenters. The minimum absolute atomic E-state index is 0.647. The van der Waals surface area contributed by atoms with Crippen molar-refractivity contribution in [3.63, 3.8) is 0 Å². The van der Waals surface area contributed by atoms with E-state index in [1.165, 1.54) is 6.21 Å². The highest BCUT2D eigenvalue weighted by Gasteiger charge is 2.23. The average Bonchev–Trinajstić information content (AvgIpc) is 2.76. The average molecular weight is 453 g/mol. The van der Waals surface area contributed by atoms with Gasteiger partial charge in [-0.25, -0.2) is 9.97 Å². The summed E-state index contributed by atoms with van der Waals surface area (Å²) in [6, 6.07) is 13.8. The van der Waals surface area contributed by atoms with E-state index in [9.17, 15) is 4.21 Å². The Balaban J connectivity index is 1.67. The van der Waals surface area contributed by atoms with Gasteiger partial charge in [-0.05, 0) is 48.1 Å². The number of nitrogens with zero attached hydrogens (tertiary/aromatic N) is 2. The fourth-order valence-electron chi connectivity index (χ4n) is 3.56. The third kappa shape index (κ3) is 5.77. The van der Waals surface area contributed by atoms with Crippen molar-refractivity contribution < 1.29 is 4.21 Å². The summed E-state index contributed by atoms with van der Waals surface area (Å²) < 4.78 is 13.1. The zero-order chi connectivity index (χ0) is 23.2. The lowest BCUT2D eigenvalue weighted by Crippen LogP contribution is -2.30. The van der Waals surface area contributed by atoms with Gasteiger partial charge in [0.1, 0.15) is 12.1 Å². The van der Waals surface area contributed by atoms with Gasteiger partial charge >= 0.3 is 0 Å². The number of nitrogens with one attached hydrogen (secondary N) is 4. The van der Waals surface area contributed by atoms with E-state index < -0.39 is 9.07 Å². The highest BCUT2D eigenvalue weighted by atomic mass is 32.3. The molecular formula is C24H32N6OS. The van der Waals surface area contributed by atoms with E-state index in [-0.39, 0.29) is 0 Å². The van der Waals surface area contributed by atoms with Crippen molar-refractivity contribution in [2.45, 2.75) is 11.4 Å². The van der Waals surface area contributed by atoms with Crippen LogP contribution in [0.15, 0.2) is 59.9 Å². The van der Waals surface area contributed by atoms with E-state index in [0.717, 1.165) is 38.3 Å². The molecule has 0 aliphatic rings. The highest BCUT2D eigenvalue weighted by molar-refractivity contribution is 8.18. The van der Waals surface area contributed by atoms with E-state index in [0.29, 0.717) is 19.6 Å². The molecule has 0 spiro atoms. The summed E-state index contributed by atoms with van der Waals surface area (Å²) in [5.74, 6) is 0.756. The Kier molecular flexibility index (Phi) is 7.06. The van der Waals surface area contributed by atoms with E-state index in [1.807, 2.05) is 68.3 Å². The van der Waals surface area contributed by atoms with Crippen LogP contribution in [-0.2, 0) is 15.6 Å². The minimum atomic E-state index is -2.81. The molecule has 0 radical (unpaired) electrons. The molecule has 0 atom stereocenters. The fourth-order valence-corrected chi connectivity index (χ4v) is 5.14. The van der Waals surface area contributed by atoms with E-state index >= 15 is 0 Å². The molecule has 32 heavy (non-hydrogen) atoms. The maximum absolute atomic E-state index is 13.1.